The van der Waals surface area contributed by atoms with Crippen molar-refractivity contribution in [1.29, 1.82) is 0 Å². The van der Waals surface area contributed by atoms with Gasteiger partial charge >= 0.3 is 6.16 Å². The number of aliphatic hydroxyl groups is 2. The van der Waals surface area contributed by atoms with Crippen LogP contribution in [0.4, 0.5) is 10.6 Å². The van der Waals surface area contributed by atoms with Gasteiger partial charge in [-0.2, -0.15) is 15.1 Å². The lowest BCUT2D eigenvalue weighted by Crippen LogP contribution is -2.41. The van der Waals surface area contributed by atoms with Crippen LogP contribution in [-0.4, -0.2) is 97.5 Å². The molecular weight excluding hydrogens is 512 g/mol. The number of carbonyl (C=O) groups excluding carboxylic acids is 2. The number of halogens is 1. The van der Waals surface area contributed by atoms with Crippen LogP contribution in [0.15, 0.2) is 6.33 Å². The van der Waals surface area contributed by atoms with Crippen molar-refractivity contribution in [3.05, 3.63) is 11.6 Å². The van der Waals surface area contributed by atoms with E-state index in [0.717, 1.165) is 30.6 Å². The van der Waals surface area contributed by atoms with E-state index in [4.69, 9.17) is 16.3 Å². The van der Waals surface area contributed by atoms with E-state index in [0.29, 0.717) is 17.0 Å². The van der Waals surface area contributed by atoms with Gasteiger partial charge in [0.1, 0.15) is 18.3 Å². The van der Waals surface area contributed by atoms with Gasteiger partial charge in [-0.05, 0) is 31.4 Å². The fourth-order valence-corrected chi connectivity index (χ4v) is 4.69. The minimum atomic E-state index is -1.95. The highest BCUT2D eigenvalue weighted by atomic mass is 35.5. The maximum atomic E-state index is 12.4. The molecule has 14 nitrogen and oxygen atoms in total. The number of hydrogen-bond donors (Lipinski definition) is 3. The first kappa shape index (κ1) is 27.3. The molecule has 37 heavy (non-hydrogen) atoms. The molecule has 2 aliphatic rings. The number of anilines is 1. The molecule has 0 aromatic carbocycles. The first-order valence-electron chi connectivity index (χ1n) is 12.1. The van der Waals surface area contributed by atoms with Gasteiger partial charge in [0.15, 0.2) is 23.2 Å². The molecule has 5 atom stereocenters. The Morgan fingerprint density at radius 3 is 2.73 bits per heavy atom. The van der Waals surface area contributed by atoms with Gasteiger partial charge in [0.2, 0.25) is 17.5 Å². The van der Waals surface area contributed by atoms with E-state index >= 15 is 0 Å². The standard InChI is InChI=1S/C22H30ClN6O8/c1-3-35-22(34)37-14(31)8-13(30)28(2)9-12-16(32)17(33)20(36-12)29-10-24-15-18(25-11-6-4-5-7-11)26-21(23)27-19(15)29/h10-12,14,16-17,20,32-33H,3-9H2,1-2H3,(H,25,26,27)/t12-,14?,16-,17-,20-/m1/s1. The van der Waals surface area contributed by atoms with Crippen LogP contribution in [-0.2, 0) is 24.1 Å². The smallest absolute Gasteiger partial charge is 0.435 e. The average molecular weight is 542 g/mol. The predicted molar refractivity (Wildman–Crippen MR) is 127 cm³/mol. The van der Waals surface area contributed by atoms with E-state index in [9.17, 15) is 24.9 Å². The van der Waals surface area contributed by atoms with Crippen molar-refractivity contribution < 1.29 is 39.1 Å². The summed E-state index contributed by atoms with van der Waals surface area (Å²) in [6.07, 6.45) is -2.84. The van der Waals surface area contributed by atoms with Crippen LogP contribution in [0, 0.1) is 0 Å². The number of imidazole rings is 1. The molecule has 203 valence electrons. The van der Waals surface area contributed by atoms with Gasteiger partial charge in [-0.15, -0.1) is 0 Å². The lowest BCUT2D eigenvalue weighted by atomic mass is 10.1. The Morgan fingerprint density at radius 1 is 1.30 bits per heavy atom. The zero-order valence-corrected chi connectivity index (χ0v) is 21.2. The van der Waals surface area contributed by atoms with Crippen LogP contribution >= 0.6 is 11.6 Å². The molecular formula is C22H30ClN6O8. The second-order valence-electron chi connectivity index (χ2n) is 9.05. The second kappa shape index (κ2) is 11.7. The Kier molecular flexibility index (Phi) is 8.64. The van der Waals surface area contributed by atoms with Crippen LogP contribution in [0.1, 0.15) is 45.3 Å². The van der Waals surface area contributed by atoms with Gasteiger partial charge in [0, 0.05) is 19.6 Å². The van der Waals surface area contributed by atoms with E-state index in [2.05, 4.69) is 29.7 Å². The number of rotatable bonds is 9. The van der Waals surface area contributed by atoms with E-state index in [1.807, 2.05) is 0 Å². The van der Waals surface area contributed by atoms with Gasteiger partial charge in [-0.25, -0.2) is 9.78 Å². The SMILES string of the molecule is CCOC(=O)OC([O])CC(=O)N(C)C[C@H]1O[C@@H](n2cnc3c(NC4CCCC4)nc(Cl)nc32)[C@H](O)[C@@H]1O. The van der Waals surface area contributed by atoms with Gasteiger partial charge in [-0.1, -0.05) is 12.8 Å². The molecule has 2 aromatic rings. The normalized spacial score (nSPS) is 24.8. The number of fused-ring (bicyclic) bond motifs is 1. The predicted octanol–water partition coefficient (Wildman–Crippen LogP) is 1.23. The molecule has 3 heterocycles. The van der Waals surface area contributed by atoms with E-state index < -0.39 is 49.3 Å². The summed E-state index contributed by atoms with van der Waals surface area (Å²) in [6, 6.07) is 0.253. The van der Waals surface area contributed by atoms with Crippen LogP contribution in [0.2, 0.25) is 5.28 Å². The quantitative estimate of drug-likeness (QED) is 0.236. The number of ether oxygens (including phenoxy) is 3. The monoisotopic (exact) mass is 541 g/mol. The van der Waals surface area contributed by atoms with E-state index in [-0.39, 0.29) is 24.5 Å². The van der Waals surface area contributed by atoms with Crippen molar-refractivity contribution in [2.75, 3.05) is 25.5 Å². The zero-order chi connectivity index (χ0) is 26.7. The molecule has 3 N–H and O–H groups in total. The molecule has 1 saturated carbocycles. The van der Waals surface area contributed by atoms with Crippen molar-refractivity contribution in [2.24, 2.45) is 0 Å². The molecule has 0 bridgehead atoms. The van der Waals surface area contributed by atoms with Crippen LogP contribution in [0.25, 0.3) is 11.2 Å². The fourth-order valence-electron chi connectivity index (χ4n) is 4.52. The van der Waals surface area contributed by atoms with Gasteiger partial charge in [0.25, 0.3) is 0 Å². The summed E-state index contributed by atoms with van der Waals surface area (Å²) < 4.78 is 16.3. The lowest BCUT2D eigenvalue weighted by molar-refractivity contribution is -0.152. The first-order valence-corrected chi connectivity index (χ1v) is 12.5. The summed E-state index contributed by atoms with van der Waals surface area (Å²) in [4.78, 5) is 37.7. The van der Waals surface area contributed by atoms with E-state index in [1.54, 1.807) is 6.92 Å². The zero-order valence-electron chi connectivity index (χ0n) is 20.4. The van der Waals surface area contributed by atoms with Crippen LogP contribution in [0.5, 0.6) is 0 Å². The Labute approximate surface area is 217 Å². The molecule has 1 aliphatic heterocycles. The van der Waals surface area contributed by atoms with Crippen molar-refractivity contribution >= 4 is 40.6 Å². The molecule has 1 saturated heterocycles. The molecule has 1 aliphatic carbocycles. The van der Waals surface area contributed by atoms with Crippen molar-refractivity contribution in [1.82, 2.24) is 24.4 Å². The Morgan fingerprint density at radius 2 is 2.03 bits per heavy atom. The topological polar surface area (TPSA) is 181 Å². The molecule has 1 unspecified atom stereocenters. The van der Waals surface area contributed by atoms with Crippen LogP contribution < -0.4 is 5.32 Å². The number of nitrogens with zero attached hydrogens (tertiary/aromatic N) is 5. The average Bonchev–Trinajstić information content (AvgIpc) is 3.56. The fraction of sp³-hybridized carbons (Fsp3) is 0.682. The number of aliphatic hydroxyl groups excluding tert-OH is 2. The summed E-state index contributed by atoms with van der Waals surface area (Å²) >= 11 is 6.17. The number of amides is 1. The number of nitrogens with one attached hydrogen (secondary N) is 1. The molecule has 2 aromatic heterocycles. The number of carbonyl (C=O) groups is 2. The summed E-state index contributed by atoms with van der Waals surface area (Å²) in [6.45, 7) is 1.44. The molecule has 1 radical (unpaired) electrons. The van der Waals surface area contributed by atoms with Gasteiger partial charge in [0.05, 0.1) is 19.4 Å². The third-order valence-electron chi connectivity index (χ3n) is 6.41. The minimum absolute atomic E-state index is 0.0122. The summed E-state index contributed by atoms with van der Waals surface area (Å²) in [5.41, 5.74) is 0.757. The maximum Gasteiger partial charge on any atom is 0.510 e. The Bertz CT molecular complexity index is 1110. The van der Waals surface area contributed by atoms with Crippen LogP contribution in [0.3, 0.4) is 0 Å². The molecule has 0 spiro atoms. The van der Waals surface area contributed by atoms with Gasteiger partial charge in [-0.3, -0.25) is 9.36 Å². The lowest BCUT2D eigenvalue weighted by Gasteiger charge is -2.23. The van der Waals surface area contributed by atoms with E-state index in [1.165, 1.54) is 17.9 Å². The van der Waals surface area contributed by atoms with Gasteiger partial charge < -0.3 is 34.6 Å². The number of likely N-dealkylation sites (N-methyl/N-ethyl adjacent to an activating group) is 1. The highest BCUT2D eigenvalue weighted by Crippen LogP contribution is 2.34. The molecule has 4 rings (SSSR count). The number of aromatic nitrogens is 4. The largest absolute Gasteiger partial charge is 0.510 e. The molecule has 1 amide bonds. The highest BCUT2D eigenvalue weighted by molar-refractivity contribution is 6.28. The molecule has 2 fully saturated rings. The first-order chi connectivity index (χ1) is 17.7. The maximum absolute atomic E-state index is 12.4. The van der Waals surface area contributed by atoms with Crippen molar-refractivity contribution in [2.45, 2.75) is 75.9 Å². The Balaban J connectivity index is 1.43. The Hall–Kier alpha value is -2.78. The summed E-state index contributed by atoms with van der Waals surface area (Å²) in [7, 11) is 1.40. The number of hydrogen-bond acceptors (Lipinski definition) is 11. The highest BCUT2D eigenvalue weighted by Gasteiger charge is 2.45. The summed E-state index contributed by atoms with van der Waals surface area (Å²) in [5, 5.41) is 36.5. The van der Waals surface area contributed by atoms with Crippen molar-refractivity contribution in [3.8, 4) is 0 Å². The minimum Gasteiger partial charge on any atom is -0.435 e. The third-order valence-corrected chi connectivity index (χ3v) is 6.58. The second-order valence-corrected chi connectivity index (χ2v) is 9.38. The molecule has 15 heteroatoms. The summed E-state index contributed by atoms with van der Waals surface area (Å²) in [5.74, 6) is -0.166. The third kappa shape index (κ3) is 6.21. The van der Waals surface area contributed by atoms with Crippen molar-refractivity contribution in [3.63, 3.8) is 0 Å².